The Balaban J connectivity index is 1.12. The highest BCUT2D eigenvalue weighted by Crippen LogP contribution is 2.58. The Hall–Kier alpha value is -4.92. The fourth-order valence-corrected chi connectivity index (χ4v) is 8.52. The van der Waals surface area contributed by atoms with Crippen molar-refractivity contribution in [1.29, 1.82) is 0 Å². The zero-order valence-electron chi connectivity index (χ0n) is 29.5. The third kappa shape index (κ3) is 6.21. The summed E-state index contributed by atoms with van der Waals surface area (Å²) in [6.07, 6.45) is 1.39. The fourth-order valence-electron chi connectivity index (χ4n) is 8.52. The SMILES string of the molecule is CN(C)C(=O)C=Cc1ccccc1CN1O[C@@H]2[C@H]3OC4(Cc5ccccc5C4)O[C@H]3[C@@H]3C[C@]2(C(=O)NCc2cccc(C(=O)NCCO)c2)[C@@H]1C(=O)O3. The summed E-state index contributed by atoms with van der Waals surface area (Å²) in [5.41, 5.74) is 3.44. The monoisotopic (exact) mass is 722 g/mol. The van der Waals surface area contributed by atoms with Gasteiger partial charge in [0.2, 0.25) is 11.8 Å². The van der Waals surface area contributed by atoms with Gasteiger partial charge in [0.25, 0.3) is 5.91 Å². The Labute approximate surface area is 306 Å². The van der Waals surface area contributed by atoms with Crippen LogP contribution in [0.3, 0.4) is 0 Å². The molecule has 5 aliphatic rings. The number of aliphatic hydroxyl groups excluding tert-OH is 1. The second kappa shape index (κ2) is 13.8. The van der Waals surface area contributed by atoms with Crippen LogP contribution in [0.15, 0.2) is 78.9 Å². The lowest BCUT2D eigenvalue weighted by molar-refractivity contribution is -0.217. The summed E-state index contributed by atoms with van der Waals surface area (Å²) in [5.74, 6) is -2.49. The third-order valence-corrected chi connectivity index (χ3v) is 11.0. The molecule has 13 heteroatoms. The number of aliphatic hydroxyl groups is 1. The van der Waals surface area contributed by atoms with Crippen molar-refractivity contribution in [3.05, 3.63) is 112 Å². The molecule has 276 valence electrons. The molecule has 3 amide bonds. The van der Waals surface area contributed by atoms with Crippen molar-refractivity contribution in [2.24, 2.45) is 5.41 Å². The van der Waals surface area contributed by atoms with Gasteiger partial charge in [0.1, 0.15) is 29.8 Å². The molecule has 3 aromatic carbocycles. The van der Waals surface area contributed by atoms with Gasteiger partial charge in [-0.15, -0.1) is 0 Å². The van der Waals surface area contributed by atoms with Crippen LogP contribution in [-0.4, -0.2) is 102 Å². The van der Waals surface area contributed by atoms with Crippen LogP contribution in [0.1, 0.15) is 44.6 Å². The molecular formula is C40H42N4O9. The second-order valence-corrected chi connectivity index (χ2v) is 14.5. The van der Waals surface area contributed by atoms with E-state index in [0.29, 0.717) is 24.0 Å². The number of amides is 3. The molecule has 0 aromatic heterocycles. The van der Waals surface area contributed by atoms with E-state index in [9.17, 15) is 19.2 Å². The van der Waals surface area contributed by atoms with Gasteiger partial charge in [-0.3, -0.25) is 24.0 Å². The Morgan fingerprint density at radius 2 is 1.70 bits per heavy atom. The molecule has 53 heavy (non-hydrogen) atoms. The minimum atomic E-state index is -1.40. The van der Waals surface area contributed by atoms with Crippen LogP contribution >= 0.6 is 0 Å². The van der Waals surface area contributed by atoms with E-state index in [1.165, 1.54) is 16.0 Å². The number of nitrogens with zero attached hydrogens (tertiary/aromatic N) is 2. The Bertz CT molecular complexity index is 1960. The summed E-state index contributed by atoms with van der Waals surface area (Å²) in [6.45, 7) is 0.137. The average Bonchev–Trinajstić information content (AvgIpc) is 3.83. The highest BCUT2D eigenvalue weighted by atomic mass is 16.8. The smallest absolute Gasteiger partial charge is 0.327 e. The molecule has 0 radical (unpaired) electrons. The maximum Gasteiger partial charge on any atom is 0.327 e. The number of esters is 1. The molecule has 13 nitrogen and oxygen atoms in total. The zero-order valence-corrected chi connectivity index (χ0v) is 29.5. The number of hydrogen-bond acceptors (Lipinski definition) is 10. The van der Waals surface area contributed by atoms with Gasteiger partial charge in [-0.1, -0.05) is 60.7 Å². The van der Waals surface area contributed by atoms with Crippen molar-refractivity contribution in [3.63, 3.8) is 0 Å². The quantitative estimate of drug-likeness (QED) is 0.209. The van der Waals surface area contributed by atoms with Crippen molar-refractivity contribution in [3.8, 4) is 0 Å². The van der Waals surface area contributed by atoms with Gasteiger partial charge in [-0.25, -0.2) is 0 Å². The lowest BCUT2D eigenvalue weighted by atomic mass is 9.62. The highest BCUT2D eigenvalue weighted by Gasteiger charge is 2.76. The van der Waals surface area contributed by atoms with Crippen molar-refractivity contribution in [2.45, 2.75) is 68.6 Å². The first-order chi connectivity index (χ1) is 25.6. The lowest BCUT2D eigenvalue weighted by Gasteiger charge is -2.48. The summed E-state index contributed by atoms with van der Waals surface area (Å²) >= 11 is 0. The predicted octanol–water partition coefficient (Wildman–Crippen LogP) is 1.91. The number of hydroxylamine groups is 2. The molecule has 0 unspecified atom stereocenters. The van der Waals surface area contributed by atoms with Crippen molar-refractivity contribution < 1.29 is 43.3 Å². The summed E-state index contributed by atoms with van der Waals surface area (Å²) in [5, 5.41) is 16.4. The van der Waals surface area contributed by atoms with Crippen molar-refractivity contribution in [2.75, 3.05) is 27.2 Å². The summed E-state index contributed by atoms with van der Waals surface area (Å²) in [4.78, 5) is 62.1. The normalized spacial score (nSPS) is 27.7. The number of rotatable bonds is 10. The van der Waals surface area contributed by atoms with E-state index in [2.05, 4.69) is 22.8 Å². The van der Waals surface area contributed by atoms with Crippen LogP contribution in [0.4, 0.5) is 0 Å². The van der Waals surface area contributed by atoms with Gasteiger partial charge in [0.05, 0.1) is 13.2 Å². The number of likely N-dealkylation sites (N-methyl/N-ethyl adjacent to an activating group) is 1. The molecule has 2 aliphatic carbocycles. The Kier molecular flexibility index (Phi) is 9.15. The minimum Gasteiger partial charge on any atom is -0.458 e. The number of fused-ring (bicyclic) bond motifs is 5. The van der Waals surface area contributed by atoms with E-state index in [1.807, 2.05) is 36.4 Å². The molecule has 1 saturated carbocycles. The first-order valence-corrected chi connectivity index (χ1v) is 17.9. The number of carbonyl (C=O) groups is 4. The van der Waals surface area contributed by atoms with Crippen LogP contribution in [0.25, 0.3) is 6.08 Å². The number of ether oxygens (including phenoxy) is 3. The number of hydrogen-bond donors (Lipinski definition) is 3. The summed E-state index contributed by atoms with van der Waals surface area (Å²) in [6, 6.07) is 21.3. The Morgan fingerprint density at radius 1 is 0.962 bits per heavy atom. The maximum absolute atomic E-state index is 14.8. The second-order valence-electron chi connectivity index (χ2n) is 14.5. The lowest BCUT2D eigenvalue weighted by Crippen LogP contribution is -2.69. The molecule has 4 fully saturated rings. The van der Waals surface area contributed by atoms with Gasteiger partial charge in [-0.05, 0) is 46.0 Å². The van der Waals surface area contributed by atoms with Gasteiger partial charge < -0.3 is 34.9 Å². The topological polar surface area (TPSA) is 156 Å². The van der Waals surface area contributed by atoms with E-state index in [0.717, 1.165) is 22.3 Å². The van der Waals surface area contributed by atoms with Crippen LogP contribution < -0.4 is 10.6 Å². The first kappa shape index (κ1) is 35.1. The number of benzene rings is 3. The molecule has 3 aliphatic heterocycles. The van der Waals surface area contributed by atoms with Crippen LogP contribution in [0.2, 0.25) is 0 Å². The molecule has 1 spiro atoms. The molecule has 2 bridgehead atoms. The number of nitrogens with one attached hydrogen (secondary N) is 2. The van der Waals surface area contributed by atoms with E-state index in [-0.39, 0.29) is 44.5 Å². The molecule has 3 saturated heterocycles. The largest absolute Gasteiger partial charge is 0.458 e. The van der Waals surface area contributed by atoms with E-state index < -0.39 is 53.5 Å². The van der Waals surface area contributed by atoms with Crippen LogP contribution in [-0.2, 0) is 59.4 Å². The summed E-state index contributed by atoms with van der Waals surface area (Å²) < 4.78 is 19.7. The highest BCUT2D eigenvalue weighted by molar-refractivity contribution is 5.95. The molecule has 3 aromatic rings. The van der Waals surface area contributed by atoms with Gasteiger partial charge >= 0.3 is 5.97 Å². The predicted molar refractivity (Wildman–Crippen MR) is 189 cm³/mol. The molecule has 6 atom stereocenters. The van der Waals surface area contributed by atoms with E-state index in [1.54, 1.807) is 44.4 Å². The molecule has 3 heterocycles. The average molecular weight is 723 g/mol. The number of carbonyl (C=O) groups excluding carboxylic acids is 4. The van der Waals surface area contributed by atoms with Gasteiger partial charge in [-0.2, -0.15) is 5.06 Å². The molecule has 3 N–H and O–H groups in total. The standard InChI is InChI=1S/C40H42N4O9/c1-43(2)31(46)15-14-25-9-3-6-12-29(25)23-44-34-37(48)50-30-21-40(34,38(49)42-22-24-8-7-13-26(18-24)36(47)41-16-17-45)35(53-44)33-32(30)51-39(52-33)19-27-10-4-5-11-28(27)20-39/h3-15,18,30,32-35,45H,16-17,19-23H2,1-2H3,(H,41,47)(H,42,49)/t30-,32-,33-,34-,35+,40-/m0/s1. The van der Waals surface area contributed by atoms with E-state index >= 15 is 0 Å². The fraction of sp³-hybridized carbons (Fsp3) is 0.400. The first-order valence-electron chi connectivity index (χ1n) is 17.9. The van der Waals surface area contributed by atoms with Gasteiger partial charge in [0.15, 0.2) is 11.8 Å². The van der Waals surface area contributed by atoms with Crippen LogP contribution in [0, 0.1) is 5.41 Å². The van der Waals surface area contributed by atoms with Crippen LogP contribution in [0.5, 0.6) is 0 Å². The van der Waals surface area contributed by atoms with E-state index in [4.69, 9.17) is 24.2 Å². The third-order valence-electron chi connectivity index (χ3n) is 11.0. The summed E-state index contributed by atoms with van der Waals surface area (Å²) in [7, 11) is 3.35. The molecular weight excluding hydrogens is 680 g/mol. The maximum atomic E-state index is 14.8. The Morgan fingerprint density at radius 3 is 2.45 bits per heavy atom. The molecule has 8 rings (SSSR count). The van der Waals surface area contributed by atoms with Crippen molar-refractivity contribution >= 4 is 29.8 Å². The minimum absolute atomic E-state index is 0.0824. The zero-order chi connectivity index (χ0) is 36.9. The van der Waals surface area contributed by atoms with Crippen molar-refractivity contribution in [1.82, 2.24) is 20.6 Å². The van der Waals surface area contributed by atoms with Gasteiger partial charge in [0, 0.05) is 58.1 Å².